The maximum Gasteiger partial charge on any atom is -0.0187 e. The van der Waals surface area contributed by atoms with Crippen molar-refractivity contribution in [2.45, 2.75) is 53.4 Å². The van der Waals surface area contributed by atoms with Crippen LogP contribution in [-0.2, 0) is 0 Å². The van der Waals surface area contributed by atoms with Crippen LogP contribution in [0.1, 0.15) is 64.5 Å². The van der Waals surface area contributed by atoms with Gasteiger partial charge in [0.2, 0.25) is 0 Å². The summed E-state index contributed by atoms with van der Waals surface area (Å²) >= 11 is 0. The first-order valence-corrected chi connectivity index (χ1v) is 6.93. The predicted octanol–water partition coefficient (Wildman–Crippen LogP) is 6.21. The summed E-state index contributed by atoms with van der Waals surface area (Å²) in [5.74, 6) is 0.655. The number of hydrogen-bond acceptors (Lipinski definition) is 0. The summed E-state index contributed by atoms with van der Waals surface area (Å²) < 4.78 is 0. The Bertz CT molecular complexity index is 371. The van der Waals surface area contributed by atoms with Crippen LogP contribution in [0.15, 0.2) is 42.5 Å². The van der Waals surface area contributed by atoms with Gasteiger partial charge in [0.25, 0.3) is 0 Å². The van der Waals surface area contributed by atoms with Gasteiger partial charge in [-0.15, -0.1) is 6.58 Å². The SMILES string of the molecule is C=CC.CC/C(C)=C\c1ccccc1C(C)CC. The Kier molecular flexibility index (Phi) is 9.00. The highest BCUT2D eigenvalue weighted by molar-refractivity contribution is 5.57. The Hall–Kier alpha value is -1.30. The fourth-order valence-electron chi connectivity index (χ4n) is 1.68. The molecular formula is C18H28. The third-order valence-corrected chi connectivity index (χ3v) is 3.10. The molecule has 0 amide bonds. The number of benzene rings is 1. The van der Waals surface area contributed by atoms with E-state index in [1.807, 2.05) is 6.92 Å². The summed E-state index contributed by atoms with van der Waals surface area (Å²) in [4.78, 5) is 0. The van der Waals surface area contributed by atoms with E-state index in [-0.39, 0.29) is 0 Å². The molecule has 1 aromatic rings. The van der Waals surface area contributed by atoms with E-state index in [4.69, 9.17) is 0 Å². The number of allylic oxidation sites excluding steroid dienone is 2. The molecule has 0 heterocycles. The fourth-order valence-corrected chi connectivity index (χ4v) is 1.68. The van der Waals surface area contributed by atoms with Crippen molar-refractivity contribution in [3.05, 3.63) is 53.6 Å². The van der Waals surface area contributed by atoms with Crippen molar-refractivity contribution in [2.24, 2.45) is 0 Å². The van der Waals surface area contributed by atoms with Crippen LogP contribution >= 0.6 is 0 Å². The second-order valence-electron chi connectivity index (χ2n) is 4.69. The van der Waals surface area contributed by atoms with Gasteiger partial charge in [-0.3, -0.25) is 0 Å². The fraction of sp³-hybridized carbons (Fsp3) is 0.444. The van der Waals surface area contributed by atoms with Gasteiger partial charge in [-0.1, -0.05) is 62.8 Å². The van der Waals surface area contributed by atoms with Crippen LogP contribution in [0.25, 0.3) is 6.08 Å². The topological polar surface area (TPSA) is 0 Å². The minimum Gasteiger partial charge on any atom is -0.103 e. The lowest BCUT2D eigenvalue weighted by molar-refractivity contribution is 0.732. The van der Waals surface area contributed by atoms with Gasteiger partial charge in [0, 0.05) is 0 Å². The Morgan fingerprint density at radius 2 is 1.83 bits per heavy atom. The van der Waals surface area contributed by atoms with E-state index in [9.17, 15) is 0 Å². The molecule has 0 aromatic heterocycles. The maximum absolute atomic E-state index is 3.36. The van der Waals surface area contributed by atoms with Gasteiger partial charge < -0.3 is 0 Å². The first-order valence-electron chi connectivity index (χ1n) is 6.93. The first-order chi connectivity index (χ1) is 8.60. The molecule has 0 aliphatic rings. The molecule has 0 aliphatic heterocycles. The van der Waals surface area contributed by atoms with E-state index < -0.39 is 0 Å². The molecule has 0 spiro atoms. The Morgan fingerprint density at radius 1 is 1.28 bits per heavy atom. The van der Waals surface area contributed by atoms with Crippen LogP contribution in [0, 0.1) is 0 Å². The summed E-state index contributed by atoms with van der Waals surface area (Å²) in [6.07, 6.45) is 6.41. The zero-order valence-corrected chi connectivity index (χ0v) is 12.7. The zero-order chi connectivity index (χ0) is 14.0. The molecule has 1 aromatic carbocycles. The highest BCUT2D eigenvalue weighted by Crippen LogP contribution is 2.24. The molecule has 100 valence electrons. The molecule has 1 unspecified atom stereocenters. The lowest BCUT2D eigenvalue weighted by Crippen LogP contribution is -1.94. The third-order valence-electron chi connectivity index (χ3n) is 3.10. The molecule has 1 rings (SSSR count). The van der Waals surface area contributed by atoms with E-state index in [0.29, 0.717) is 5.92 Å². The van der Waals surface area contributed by atoms with Crippen molar-refractivity contribution < 1.29 is 0 Å². The van der Waals surface area contributed by atoms with Gasteiger partial charge >= 0.3 is 0 Å². The Labute approximate surface area is 113 Å². The molecular weight excluding hydrogens is 216 g/mol. The Morgan fingerprint density at radius 3 is 2.33 bits per heavy atom. The van der Waals surface area contributed by atoms with Gasteiger partial charge in [0.15, 0.2) is 0 Å². The van der Waals surface area contributed by atoms with Gasteiger partial charge in [-0.05, 0) is 43.7 Å². The monoisotopic (exact) mass is 244 g/mol. The van der Waals surface area contributed by atoms with E-state index in [1.54, 1.807) is 6.08 Å². The molecule has 0 radical (unpaired) electrons. The van der Waals surface area contributed by atoms with Crippen molar-refractivity contribution in [3.8, 4) is 0 Å². The van der Waals surface area contributed by atoms with Gasteiger partial charge in [-0.25, -0.2) is 0 Å². The zero-order valence-electron chi connectivity index (χ0n) is 12.7. The largest absolute Gasteiger partial charge is 0.103 e. The molecule has 0 heteroatoms. The number of rotatable bonds is 4. The van der Waals surface area contributed by atoms with Crippen molar-refractivity contribution in [1.29, 1.82) is 0 Å². The van der Waals surface area contributed by atoms with Gasteiger partial charge in [0.05, 0.1) is 0 Å². The third kappa shape index (κ3) is 5.86. The molecule has 1 atom stereocenters. The summed E-state index contributed by atoms with van der Waals surface area (Å²) in [6, 6.07) is 8.74. The molecule has 0 bridgehead atoms. The molecule has 0 fully saturated rings. The molecule has 0 saturated carbocycles. The smallest absolute Gasteiger partial charge is 0.0187 e. The average Bonchev–Trinajstić information content (AvgIpc) is 2.39. The standard InChI is InChI=1S/C15H22.C3H6/c1-5-12(3)11-14-9-7-8-10-15(14)13(4)6-2;1-3-2/h7-11,13H,5-6H2,1-4H3;3H,1H2,2H3/b12-11-;. The van der Waals surface area contributed by atoms with Crippen LogP contribution in [0.2, 0.25) is 0 Å². The van der Waals surface area contributed by atoms with Gasteiger partial charge in [-0.2, -0.15) is 0 Å². The maximum atomic E-state index is 3.36. The van der Waals surface area contributed by atoms with Crippen LogP contribution in [-0.4, -0.2) is 0 Å². The van der Waals surface area contributed by atoms with Crippen LogP contribution in [0.4, 0.5) is 0 Å². The van der Waals surface area contributed by atoms with E-state index in [2.05, 4.69) is 64.6 Å². The summed E-state index contributed by atoms with van der Waals surface area (Å²) in [5.41, 5.74) is 4.32. The second-order valence-corrected chi connectivity index (χ2v) is 4.69. The predicted molar refractivity (Wildman–Crippen MR) is 85.0 cm³/mol. The van der Waals surface area contributed by atoms with Crippen molar-refractivity contribution >= 4 is 6.08 Å². The molecule has 0 saturated heterocycles. The van der Waals surface area contributed by atoms with Crippen LogP contribution in [0.5, 0.6) is 0 Å². The minimum atomic E-state index is 0.655. The highest BCUT2D eigenvalue weighted by Gasteiger charge is 2.06. The van der Waals surface area contributed by atoms with E-state index in [1.165, 1.54) is 23.1 Å². The molecule has 0 aliphatic carbocycles. The number of hydrogen-bond donors (Lipinski definition) is 0. The minimum absolute atomic E-state index is 0.655. The van der Waals surface area contributed by atoms with Crippen molar-refractivity contribution in [3.63, 3.8) is 0 Å². The summed E-state index contributed by atoms with van der Waals surface area (Å²) in [6.45, 7) is 14.2. The lowest BCUT2D eigenvalue weighted by Gasteiger charge is -2.13. The second kappa shape index (κ2) is 9.70. The summed E-state index contributed by atoms with van der Waals surface area (Å²) in [5, 5.41) is 0. The lowest BCUT2D eigenvalue weighted by atomic mass is 9.92. The first kappa shape index (κ1) is 16.7. The molecule has 0 nitrogen and oxygen atoms in total. The Balaban J connectivity index is 0.000000873. The summed E-state index contributed by atoms with van der Waals surface area (Å²) in [7, 11) is 0. The van der Waals surface area contributed by atoms with E-state index >= 15 is 0 Å². The van der Waals surface area contributed by atoms with Crippen molar-refractivity contribution in [2.75, 3.05) is 0 Å². The van der Waals surface area contributed by atoms with Crippen LogP contribution < -0.4 is 0 Å². The average molecular weight is 244 g/mol. The quantitative estimate of drug-likeness (QED) is 0.553. The van der Waals surface area contributed by atoms with E-state index in [0.717, 1.165) is 6.42 Å². The normalized spacial score (nSPS) is 12.4. The van der Waals surface area contributed by atoms with Gasteiger partial charge in [0.1, 0.15) is 0 Å². The molecule has 18 heavy (non-hydrogen) atoms. The van der Waals surface area contributed by atoms with Crippen LogP contribution in [0.3, 0.4) is 0 Å². The van der Waals surface area contributed by atoms with Crippen molar-refractivity contribution in [1.82, 2.24) is 0 Å². The highest BCUT2D eigenvalue weighted by atomic mass is 14.1. The molecule has 0 N–H and O–H groups in total.